The zero-order chi connectivity index (χ0) is 12.3. The van der Waals surface area contributed by atoms with Gasteiger partial charge in [-0.2, -0.15) is 0 Å². The molecule has 2 N–H and O–H groups in total. The number of nitrogens with zero attached hydrogens (tertiary/aromatic N) is 1. The molecule has 1 aliphatic carbocycles. The van der Waals surface area contributed by atoms with Gasteiger partial charge < -0.3 is 10.5 Å². The Morgan fingerprint density at radius 2 is 2.12 bits per heavy atom. The number of ether oxygens (including phenoxy) is 1. The summed E-state index contributed by atoms with van der Waals surface area (Å²) in [7, 11) is 1.68. The first-order valence-corrected chi connectivity index (χ1v) is 6.40. The molecule has 0 bridgehead atoms. The van der Waals surface area contributed by atoms with Crippen LogP contribution in [0.2, 0.25) is 0 Å². The third kappa shape index (κ3) is 3.37. The number of benzene rings is 1. The number of methoxy groups -OCH3 is 1. The van der Waals surface area contributed by atoms with Gasteiger partial charge in [0.2, 0.25) is 0 Å². The molecule has 1 fully saturated rings. The lowest BCUT2D eigenvalue weighted by atomic mass is 10.1. The summed E-state index contributed by atoms with van der Waals surface area (Å²) in [6.07, 6.45) is 3.90. The minimum atomic E-state index is 0.784. The summed E-state index contributed by atoms with van der Waals surface area (Å²) in [5.74, 6) is 0.854. The molecule has 0 atom stereocenters. The molecule has 0 radical (unpaired) electrons. The van der Waals surface area contributed by atoms with E-state index in [1.807, 2.05) is 12.1 Å². The van der Waals surface area contributed by atoms with E-state index in [1.165, 1.54) is 31.4 Å². The number of anilines is 1. The van der Waals surface area contributed by atoms with Gasteiger partial charge in [0, 0.05) is 24.3 Å². The van der Waals surface area contributed by atoms with E-state index >= 15 is 0 Å². The average molecular weight is 234 g/mol. The predicted molar refractivity (Wildman–Crippen MR) is 71.1 cm³/mol. The maximum atomic E-state index is 5.88. The maximum Gasteiger partial charge on any atom is 0.121 e. The Kier molecular flexibility index (Phi) is 3.89. The lowest BCUT2D eigenvalue weighted by molar-refractivity contribution is 0.255. The molecule has 3 nitrogen and oxygen atoms in total. The van der Waals surface area contributed by atoms with Crippen LogP contribution < -0.4 is 10.5 Å². The number of nitrogen functional groups attached to an aromatic ring is 1. The van der Waals surface area contributed by atoms with Crippen molar-refractivity contribution in [2.75, 3.05) is 19.4 Å². The number of hydrogen-bond donors (Lipinski definition) is 1. The lowest BCUT2D eigenvalue weighted by Gasteiger charge is -2.21. The molecular formula is C14H22N2O. The molecule has 94 valence electrons. The van der Waals surface area contributed by atoms with E-state index in [0.717, 1.165) is 24.0 Å². The molecule has 0 saturated heterocycles. The predicted octanol–water partition coefficient (Wildman–Crippen LogP) is 2.65. The molecule has 0 aromatic heterocycles. The topological polar surface area (TPSA) is 38.5 Å². The van der Waals surface area contributed by atoms with Crippen LogP contribution in [-0.2, 0) is 6.54 Å². The smallest absolute Gasteiger partial charge is 0.121 e. The number of hydrogen-bond acceptors (Lipinski definition) is 3. The van der Waals surface area contributed by atoms with Gasteiger partial charge in [0.05, 0.1) is 7.11 Å². The fourth-order valence-electron chi connectivity index (χ4n) is 2.25. The van der Waals surface area contributed by atoms with E-state index < -0.39 is 0 Å². The summed E-state index contributed by atoms with van der Waals surface area (Å²) in [6, 6.07) is 6.79. The van der Waals surface area contributed by atoms with Crippen molar-refractivity contribution in [3.05, 3.63) is 23.8 Å². The minimum absolute atomic E-state index is 0.784. The largest absolute Gasteiger partial charge is 0.497 e. The molecule has 0 unspecified atom stereocenters. The highest BCUT2D eigenvalue weighted by Crippen LogP contribution is 2.29. The quantitative estimate of drug-likeness (QED) is 0.769. The Labute approximate surface area is 104 Å². The van der Waals surface area contributed by atoms with Gasteiger partial charge in [-0.05, 0) is 43.5 Å². The van der Waals surface area contributed by atoms with E-state index in [9.17, 15) is 0 Å². The van der Waals surface area contributed by atoms with Crippen molar-refractivity contribution in [2.24, 2.45) is 0 Å². The van der Waals surface area contributed by atoms with Crippen molar-refractivity contribution in [1.82, 2.24) is 4.90 Å². The van der Waals surface area contributed by atoms with Crippen LogP contribution in [0, 0.1) is 0 Å². The van der Waals surface area contributed by atoms with Gasteiger partial charge in [0.1, 0.15) is 5.75 Å². The van der Waals surface area contributed by atoms with Gasteiger partial charge in [-0.25, -0.2) is 0 Å². The molecule has 1 aromatic carbocycles. The first-order valence-electron chi connectivity index (χ1n) is 6.40. The maximum absolute atomic E-state index is 5.88. The Bertz CT molecular complexity index is 374. The lowest BCUT2D eigenvalue weighted by Crippen LogP contribution is -2.26. The van der Waals surface area contributed by atoms with E-state index in [2.05, 4.69) is 17.9 Å². The van der Waals surface area contributed by atoms with Crippen molar-refractivity contribution in [3.8, 4) is 5.75 Å². The zero-order valence-electron chi connectivity index (χ0n) is 10.8. The van der Waals surface area contributed by atoms with Crippen molar-refractivity contribution in [3.63, 3.8) is 0 Å². The van der Waals surface area contributed by atoms with Crippen LogP contribution in [0.25, 0.3) is 0 Å². The SMILES string of the molecule is CCCN(Cc1cc(N)cc(OC)c1)C1CC1. The van der Waals surface area contributed by atoms with Crippen molar-refractivity contribution >= 4 is 5.69 Å². The van der Waals surface area contributed by atoms with Crippen molar-refractivity contribution in [2.45, 2.75) is 38.8 Å². The van der Waals surface area contributed by atoms with Gasteiger partial charge in [0.25, 0.3) is 0 Å². The Morgan fingerprint density at radius 3 is 2.71 bits per heavy atom. The second-order valence-corrected chi connectivity index (χ2v) is 4.82. The summed E-state index contributed by atoms with van der Waals surface area (Å²) in [4.78, 5) is 2.55. The van der Waals surface area contributed by atoms with Crippen LogP contribution in [0.1, 0.15) is 31.7 Å². The van der Waals surface area contributed by atoms with E-state index in [1.54, 1.807) is 7.11 Å². The number of rotatable bonds is 6. The summed E-state index contributed by atoms with van der Waals surface area (Å²) in [5, 5.41) is 0. The summed E-state index contributed by atoms with van der Waals surface area (Å²) >= 11 is 0. The minimum Gasteiger partial charge on any atom is -0.497 e. The van der Waals surface area contributed by atoms with E-state index in [0.29, 0.717) is 0 Å². The third-order valence-electron chi connectivity index (χ3n) is 3.18. The molecular weight excluding hydrogens is 212 g/mol. The second kappa shape index (κ2) is 5.41. The summed E-state index contributed by atoms with van der Waals surface area (Å²) < 4.78 is 5.25. The molecule has 0 aliphatic heterocycles. The first-order chi connectivity index (χ1) is 8.22. The van der Waals surface area contributed by atoms with Crippen molar-refractivity contribution in [1.29, 1.82) is 0 Å². The van der Waals surface area contributed by atoms with Crippen LogP contribution in [0.5, 0.6) is 5.75 Å². The Morgan fingerprint density at radius 1 is 1.35 bits per heavy atom. The van der Waals surface area contributed by atoms with Crippen LogP contribution >= 0.6 is 0 Å². The standard InChI is InChI=1S/C14H22N2O/c1-3-6-16(13-4-5-13)10-11-7-12(15)9-14(8-11)17-2/h7-9,13H,3-6,10,15H2,1-2H3. The highest BCUT2D eigenvalue weighted by molar-refractivity contribution is 5.47. The van der Waals surface area contributed by atoms with Crippen LogP contribution in [0.4, 0.5) is 5.69 Å². The highest BCUT2D eigenvalue weighted by Gasteiger charge is 2.28. The van der Waals surface area contributed by atoms with Gasteiger partial charge in [-0.3, -0.25) is 4.90 Å². The molecule has 0 spiro atoms. The first kappa shape index (κ1) is 12.2. The molecule has 1 aromatic rings. The molecule has 2 rings (SSSR count). The van der Waals surface area contributed by atoms with Gasteiger partial charge in [-0.15, -0.1) is 0 Å². The molecule has 0 heterocycles. The fourth-order valence-corrected chi connectivity index (χ4v) is 2.25. The fraction of sp³-hybridized carbons (Fsp3) is 0.571. The monoisotopic (exact) mass is 234 g/mol. The normalized spacial score (nSPS) is 15.2. The number of nitrogens with two attached hydrogens (primary N) is 1. The average Bonchev–Trinajstić information content (AvgIpc) is 3.11. The van der Waals surface area contributed by atoms with Crippen molar-refractivity contribution < 1.29 is 4.74 Å². The molecule has 1 saturated carbocycles. The van der Waals surface area contributed by atoms with Gasteiger partial charge >= 0.3 is 0 Å². The zero-order valence-corrected chi connectivity index (χ0v) is 10.8. The van der Waals surface area contributed by atoms with Gasteiger partial charge in [-0.1, -0.05) is 6.92 Å². The third-order valence-corrected chi connectivity index (χ3v) is 3.18. The molecule has 1 aliphatic rings. The highest BCUT2D eigenvalue weighted by atomic mass is 16.5. The van der Waals surface area contributed by atoms with Gasteiger partial charge in [0.15, 0.2) is 0 Å². The Balaban J connectivity index is 2.07. The Hall–Kier alpha value is -1.22. The van der Waals surface area contributed by atoms with E-state index in [-0.39, 0.29) is 0 Å². The molecule has 17 heavy (non-hydrogen) atoms. The molecule has 3 heteroatoms. The molecule has 0 amide bonds. The van der Waals surface area contributed by atoms with Crippen LogP contribution in [0.15, 0.2) is 18.2 Å². The van der Waals surface area contributed by atoms with Crippen LogP contribution in [0.3, 0.4) is 0 Å². The second-order valence-electron chi connectivity index (χ2n) is 4.82. The summed E-state index contributed by atoms with van der Waals surface area (Å²) in [6.45, 7) is 4.39. The summed E-state index contributed by atoms with van der Waals surface area (Å²) in [5.41, 5.74) is 7.91. The van der Waals surface area contributed by atoms with E-state index in [4.69, 9.17) is 10.5 Å². The van der Waals surface area contributed by atoms with Crippen LogP contribution in [-0.4, -0.2) is 24.6 Å².